The van der Waals surface area contributed by atoms with Gasteiger partial charge in [0.2, 0.25) is 0 Å². The molecule has 3 aromatic carbocycles. The summed E-state index contributed by atoms with van der Waals surface area (Å²) in [5.74, 6) is 0.492. The maximum absolute atomic E-state index is 13.5. The number of hydrogen-bond acceptors (Lipinski definition) is 6. The van der Waals surface area contributed by atoms with E-state index in [4.69, 9.17) is 9.72 Å². The van der Waals surface area contributed by atoms with Crippen molar-refractivity contribution in [3.8, 4) is 16.9 Å². The number of nitrogens with one attached hydrogen (secondary N) is 2. The smallest absolute Gasteiger partial charge is 0.298 e. The van der Waals surface area contributed by atoms with Crippen LogP contribution in [0.15, 0.2) is 103 Å². The summed E-state index contributed by atoms with van der Waals surface area (Å²) < 4.78 is 6.05. The minimum atomic E-state index is -0.693. The van der Waals surface area contributed by atoms with E-state index in [-0.39, 0.29) is 11.8 Å². The van der Waals surface area contributed by atoms with Gasteiger partial charge in [-0.2, -0.15) is 0 Å². The molecule has 1 fully saturated rings. The zero-order valence-corrected chi connectivity index (χ0v) is 26.5. The maximum Gasteiger partial charge on any atom is 0.298 e. The Hall–Kier alpha value is -5.37. The Balaban J connectivity index is 1.11. The van der Waals surface area contributed by atoms with Gasteiger partial charge in [-0.15, -0.1) is 0 Å². The van der Waals surface area contributed by atoms with Crippen LogP contribution in [-0.4, -0.2) is 53.9 Å². The number of carbonyl (C=O) groups is 2. The molecule has 8 nitrogen and oxygen atoms in total. The molecule has 0 radical (unpaired) electrons. The van der Waals surface area contributed by atoms with Gasteiger partial charge in [0, 0.05) is 60.9 Å². The van der Waals surface area contributed by atoms with Crippen molar-refractivity contribution in [1.29, 1.82) is 0 Å². The fourth-order valence-electron chi connectivity index (χ4n) is 5.96. The van der Waals surface area contributed by atoms with Crippen LogP contribution in [0.2, 0.25) is 0 Å². The van der Waals surface area contributed by atoms with Crippen molar-refractivity contribution >= 4 is 28.9 Å². The van der Waals surface area contributed by atoms with E-state index in [0.29, 0.717) is 17.7 Å². The molecule has 0 bridgehead atoms. The summed E-state index contributed by atoms with van der Waals surface area (Å²) in [4.78, 5) is 39.4. The van der Waals surface area contributed by atoms with Crippen molar-refractivity contribution in [2.75, 3.05) is 41.3 Å². The van der Waals surface area contributed by atoms with E-state index in [1.165, 1.54) is 5.56 Å². The largest absolute Gasteiger partial charge is 0.490 e. The molecule has 2 aromatic heterocycles. The molecule has 0 aliphatic carbocycles. The molecule has 8 heteroatoms. The Kier molecular flexibility index (Phi) is 9.15. The molecule has 234 valence electrons. The first-order valence-electron chi connectivity index (χ1n) is 15.7. The molecule has 1 unspecified atom stereocenters. The Morgan fingerprint density at radius 2 is 1.50 bits per heavy atom. The highest BCUT2D eigenvalue weighted by Crippen LogP contribution is 2.28. The SMILES string of the molecule is Cc1cc(C)nc(N2CCN(c3ccc(NC(=O)C(=O)c4[nH]c(CC(C)Oc5ccccc5)cc4-c4ccccc4)cc3)CC2)c1. The van der Waals surface area contributed by atoms with Gasteiger partial charge in [0.1, 0.15) is 23.4 Å². The molecular formula is C38H39N5O3. The second-order valence-corrected chi connectivity index (χ2v) is 11.8. The van der Waals surface area contributed by atoms with E-state index in [1.54, 1.807) is 0 Å². The predicted molar refractivity (Wildman–Crippen MR) is 184 cm³/mol. The third-order valence-corrected chi connectivity index (χ3v) is 8.16. The van der Waals surface area contributed by atoms with Crippen molar-refractivity contribution in [3.05, 3.63) is 126 Å². The lowest BCUT2D eigenvalue weighted by Gasteiger charge is -2.37. The lowest BCUT2D eigenvalue weighted by atomic mass is 10.0. The average molecular weight is 614 g/mol. The summed E-state index contributed by atoms with van der Waals surface area (Å²) in [6.45, 7) is 9.60. The van der Waals surface area contributed by atoms with Crippen LogP contribution in [0, 0.1) is 13.8 Å². The number of para-hydroxylation sites is 1. The van der Waals surface area contributed by atoms with Crippen LogP contribution >= 0.6 is 0 Å². The fraction of sp³-hybridized carbons (Fsp3) is 0.237. The minimum Gasteiger partial charge on any atom is -0.490 e. The van der Waals surface area contributed by atoms with Gasteiger partial charge in [-0.05, 0) is 86.5 Å². The topological polar surface area (TPSA) is 90.6 Å². The molecule has 6 rings (SSSR count). The van der Waals surface area contributed by atoms with Crippen molar-refractivity contribution in [1.82, 2.24) is 9.97 Å². The highest BCUT2D eigenvalue weighted by molar-refractivity contribution is 6.47. The molecular weight excluding hydrogens is 574 g/mol. The summed E-state index contributed by atoms with van der Waals surface area (Å²) in [6, 6.07) is 33.1. The number of H-pyrrole nitrogens is 1. The number of amides is 1. The predicted octanol–water partition coefficient (Wildman–Crippen LogP) is 6.85. The van der Waals surface area contributed by atoms with E-state index < -0.39 is 11.7 Å². The van der Waals surface area contributed by atoms with E-state index >= 15 is 0 Å². The van der Waals surface area contributed by atoms with Crippen LogP contribution in [0.5, 0.6) is 5.75 Å². The second kappa shape index (κ2) is 13.7. The Morgan fingerprint density at radius 3 is 2.17 bits per heavy atom. The van der Waals surface area contributed by atoms with Gasteiger partial charge in [0.15, 0.2) is 0 Å². The first kappa shape index (κ1) is 30.6. The number of benzene rings is 3. The summed E-state index contributed by atoms with van der Waals surface area (Å²) in [5, 5.41) is 2.80. The highest BCUT2D eigenvalue weighted by Gasteiger charge is 2.25. The lowest BCUT2D eigenvalue weighted by molar-refractivity contribution is -0.112. The van der Waals surface area contributed by atoms with E-state index in [2.05, 4.69) is 39.2 Å². The average Bonchev–Trinajstić information content (AvgIpc) is 3.48. The molecule has 1 saturated heterocycles. The molecule has 46 heavy (non-hydrogen) atoms. The number of aromatic nitrogens is 2. The number of hydrogen-bond donors (Lipinski definition) is 2. The number of piperazine rings is 1. The number of Topliss-reactive ketones (excluding diaryl/α,β-unsaturated/α-hetero) is 1. The number of ether oxygens (including phenoxy) is 1. The van der Waals surface area contributed by atoms with Crippen LogP contribution in [0.4, 0.5) is 17.2 Å². The maximum atomic E-state index is 13.5. The number of aromatic amines is 1. The molecule has 0 saturated carbocycles. The van der Waals surface area contributed by atoms with Gasteiger partial charge >= 0.3 is 0 Å². The van der Waals surface area contributed by atoms with Crippen molar-refractivity contribution in [3.63, 3.8) is 0 Å². The molecule has 1 atom stereocenters. The first-order chi connectivity index (χ1) is 22.3. The third-order valence-electron chi connectivity index (χ3n) is 8.16. The molecule has 1 aliphatic heterocycles. The van der Waals surface area contributed by atoms with Crippen molar-refractivity contribution in [2.45, 2.75) is 33.3 Å². The second-order valence-electron chi connectivity index (χ2n) is 11.8. The number of carbonyl (C=O) groups excluding carboxylic acids is 2. The number of nitrogens with zero attached hydrogens (tertiary/aromatic N) is 3. The van der Waals surface area contributed by atoms with Gasteiger partial charge in [-0.1, -0.05) is 48.5 Å². The molecule has 1 aliphatic rings. The Morgan fingerprint density at radius 1 is 0.848 bits per heavy atom. The fourth-order valence-corrected chi connectivity index (χ4v) is 5.96. The van der Waals surface area contributed by atoms with Crippen molar-refractivity contribution in [2.24, 2.45) is 0 Å². The minimum absolute atomic E-state index is 0.147. The number of pyridine rings is 1. The van der Waals surface area contributed by atoms with Crippen LogP contribution in [0.25, 0.3) is 11.1 Å². The van der Waals surface area contributed by atoms with Crippen LogP contribution in [0.1, 0.15) is 34.4 Å². The van der Waals surface area contributed by atoms with Gasteiger partial charge in [-0.3, -0.25) is 9.59 Å². The van der Waals surface area contributed by atoms with Gasteiger partial charge in [0.05, 0.1) is 0 Å². The highest BCUT2D eigenvalue weighted by atomic mass is 16.5. The normalized spacial score (nSPS) is 13.7. The van der Waals surface area contributed by atoms with E-state index in [0.717, 1.165) is 60.4 Å². The quantitative estimate of drug-likeness (QED) is 0.132. The van der Waals surface area contributed by atoms with Gasteiger partial charge in [-0.25, -0.2) is 4.98 Å². The zero-order chi connectivity index (χ0) is 32.0. The molecule has 3 heterocycles. The molecule has 2 N–H and O–H groups in total. The Bertz CT molecular complexity index is 1770. The van der Waals surface area contributed by atoms with E-state index in [9.17, 15) is 9.59 Å². The third kappa shape index (κ3) is 7.29. The molecule has 5 aromatic rings. The first-order valence-corrected chi connectivity index (χ1v) is 15.7. The Labute approximate surface area is 270 Å². The van der Waals surface area contributed by atoms with Crippen LogP contribution in [0.3, 0.4) is 0 Å². The van der Waals surface area contributed by atoms with Crippen LogP contribution < -0.4 is 19.9 Å². The lowest BCUT2D eigenvalue weighted by Crippen LogP contribution is -2.46. The van der Waals surface area contributed by atoms with Gasteiger partial charge in [0.25, 0.3) is 11.7 Å². The van der Waals surface area contributed by atoms with Gasteiger partial charge < -0.3 is 24.8 Å². The monoisotopic (exact) mass is 613 g/mol. The van der Waals surface area contributed by atoms with E-state index in [1.807, 2.05) is 105 Å². The van der Waals surface area contributed by atoms with Crippen LogP contribution in [-0.2, 0) is 11.2 Å². The number of anilines is 3. The standard InChI is InChI=1S/C38H39N5O3/c1-26-22-27(2)39-35(23-26)43-20-18-42(19-21-43)32-16-14-30(15-17-32)41-38(45)37(44)36-34(29-10-6-4-7-11-29)25-31(40-36)24-28(3)46-33-12-8-5-9-13-33/h4-17,22-23,25,28,40H,18-21,24H2,1-3H3,(H,41,45). The summed E-state index contributed by atoms with van der Waals surface area (Å²) >= 11 is 0. The number of ketones is 1. The zero-order valence-electron chi connectivity index (χ0n) is 26.5. The molecule has 0 spiro atoms. The molecule has 1 amide bonds. The summed E-state index contributed by atoms with van der Waals surface area (Å²) in [7, 11) is 0. The summed E-state index contributed by atoms with van der Waals surface area (Å²) in [6.07, 6.45) is 0.395. The number of aryl methyl sites for hydroxylation is 2. The summed E-state index contributed by atoms with van der Waals surface area (Å²) in [5.41, 5.74) is 6.52. The van der Waals surface area contributed by atoms with Crippen molar-refractivity contribution < 1.29 is 14.3 Å². The number of rotatable bonds is 10.